The Morgan fingerprint density at radius 3 is 1.35 bits per heavy atom. The molecule has 2 atom stereocenters. The molecule has 2 unspecified atom stereocenters. The first kappa shape index (κ1) is 59.8. The van der Waals surface area contributed by atoms with Crippen LogP contribution in [-0.2, 0) is 28.6 Å². The van der Waals surface area contributed by atoms with E-state index in [2.05, 4.69) is 50.3 Å². The molecule has 0 aliphatic rings. The number of quaternary nitrogens is 1. The van der Waals surface area contributed by atoms with E-state index in [9.17, 15) is 19.5 Å². The van der Waals surface area contributed by atoms with Crippen molar-refractivity contribution in [2.24, 2.45) is 0 Å². The Morgan fingerprint density at radius 1 is 0.476 bits per heavy atom. The van der Waals surface area contributed by atoms with Gasteiger partial charge in [0.1, 0.15) is 12.6 Å². The van der Waals surface area contributed by atoms with Gasteiger partial charge in [-0.25, -0.2) is 0 Å². The summed E-state index contributed by atoms with van der Waals surface area (Å²) in [5.74, 6) is -1.77. The van der Waals surface area contributed by atoms with Crippen LogP contribution >= 0.6 is 0 Å². The summed E-state index contributed by atoms with van der Waals surface area (Å²) in [6.07, 6.45) is 57.8. The number of carbonyl (C=O) groups is 3. The van der Waals surface area contributed by atoms with E-state index in [4.69, 9.17) is 14.2 Å². The first-order chi connectivity index (χ1) is 30.6. The van der Waals surface area contributed by atoms with Gasteiger partial charge in [0.25, 0.3) is 0 Å². The fourth-order valence-corrected chi connectivity index (χ4v) is 7.21. The van der Waals surface area contributed by atoms with Crippen LogP contribution in [0.5, 0.6) is 0 Å². The van der Waals surface area contributed by atoms with Crippen LogP contribution in [0.4, 0.5) is 0 Å². The van der Waals surface area contributed by atoms with Crippen LogP contribution in [0.25, 0.3) is 0 Å². The van der Waals surface area contributed by atoms with E-state index in [1.807, 2.05) is 36.5 Å². The minimum atomic E-state index is -1.13. The third-order valence-electron chi connectivity index (χ3n) is 11.2. The molecule has 8 heteroatoms. The van der Waals surface area contributed by atoms with Crippen molar-refractivity contribution in [3.63, 3.8) is 0 Å². The number of carboxylic acid groups (broad SMARTS) is 1. The van der Waals surface area contributed by atoms with Gasteiger partial charge in [0.2, 0.25) is 0 Å². The van der Waals surface area contributed by atoms with Gasteiger partial charge in [-0.3, -0.25) is 9.59 Å². The van der Waals surface area contributed by atoms with Gasteiger partial charge >= 0.3 is 11.9 Å². The summed E-state index contributed by atoms with van der Waals surface area (Å²) < 4.78 is 17.2. The number of likely N-dealkylation sites (N-methyl/N-ethyl adjacent to an activating group) is 1. The van der Waals surface area contributed by atoms with E-state index >= 15 is 0 Å². The Hall–Kier alpha value is -3.23. The molecule has 0 bridgehead atoms. The highest BCUT2D eigenvalue weighted by Crippen LogP contribution is 2.15. The van der Waals surface area contributed by atoms with Crippen molar-refractivity contribution in [1.29, 1.82) is 0 Å². The molecule has 362 valence electrons. The lowest BCUT2D eigenvalue weighted by atomic mass is 10.1. The van der Waals surface area contributed by atoms with Crippen LogP contribution in [0.1, 0.15) is 206 Å². The van der Waals surface area contributed by atoms with Crippen molar-refractivity contribution in [3.8, 4) is 0 Å². The smallest absolute Gasteiger partial charge is 0.306 e. The summed E-state index contributed by atoms with van der Waals surface area (Å²) >= 11 is 0. The third-order valence-corrected chi connectivity index (χ3v) is 11.2. The Labute approximate surface area is 387 Å². The van der Waals surface area contributed by atoms with Crippen LogP contribution in [0, 0.1) is 0 Å². The molecule has 0 fully saturated rings. The summed E-state index contributed by atoms with van der Waals surface area (Å²) in [5, 5.41) is 11.7. The molecule has 8 nitrogen and oxygen atoms in total. The summed E-state index contributed by atoms with van der Waals surface area (Å²) in [4.78, 5) is 37.0. The quantitative estimate of drug-likeness (QED) is 0.0197. The Bertz CT molecular complexity index is 1260. The lowest BCUT2D eigenvalue weighted by molar-refractivity contribution is -0.889. The van der Waals surface area contributed by atoms with Gasteiger partial charge in [-0.1, -0.05) is 202 Å². The summed E-state index contributed by atoms with van der Waals surface area (Å²) in [5.41, 5.74) is 0. The largest absolute Gasteiger partial charge is 0.544 e. The lowest BCUT2D eigenvalue weighted by Crippen LogP contribution is -2.55. The summed E-state index contributed by atoms with van der Waals surface area (Å²) in [6.45, 7) is 4.55. The Balaban J connectivity index is 4.31. The number of unbranched alkanes of at least 4 members (excludes halogenated alkanes) is 23. The number of esters is 2. The number of hydrogen-bond acceptors (Lipinski definition) is 7. The fraction of sp³-hybridized carbons (Fsp3) is 0.727. The molecular weight excluding hydrogens is 787 g/mol. The maximum atomic E-state index is 12.8. The highest BCUT2D eigenvalue weighted by Gasteiger charge is 2.25. The molecule has 0 saturated carbocycles. The zero-order valence-electron chi connectivity index (χ0n) is 41.2. The second kappa shape index (κ2) is 45.3. The lowest BCUT2D eigenvalue weighted by Gasteiger charge is -2.34. The van der Waals surface area contributed by atoms with Crippen LogP contribution in [0.2, 0.25) is 0 Å². The molecule has 0 N–H and O–H groups in total. The Kier molecular flexibility index (Phi) is 43.0. The minimum absolute atomic E-state index is 0.0256. The number of carbonyl (C=O) groups excluding carboxylic acids is 3. The van der Waals surface area contributed by atoms with Gasteiger partial charge in [-0.15, -0.1) is 0 Å². The van der Waals surface area contributed by atoms with E-state index in [-0.39, 0.29) is 49.1 Å². The maximum absolute atomic E-state index is 12.8. The number of carboxylic acids is 1. The highest BCUT2D eigenvalue weighted by molar-refractivity contribution is 5.70. The van der Waals surface area contributed by atoms with E-state index in [0.29, 0.717) is 6.42 Å². The van der Waals surface area contributed by atoms with Crippen molar-refractivity contribution in [3.05, 3.63) is 72.9 Å². The van der Waals surface area contributed by atoms with Gasteiger partial charge in [0, 0.05) is 19.3 Å². The topological polar surface area (TPSA) is 102 Å². The molecule has 0 aromatic heterocycles. The monoisotopic (exact) mass is 882 g/mol. The number of allylic oxidation sites excluding steroid dienone is 12. The van der Waals surface area contributed by atoms with Crippen LogP contribution in [-0.4, -0.2) is 75.5 Å². The number of ether oxygens (including phenoxy) is 3. The standard InChI is InChI=1S/C55H95NO7/c1-6-8-10-12-14-16-18-20-22-24-26-27-28-30-31-33-35-37-39-41-43-45-53(57)62-50-51(49-61-48-47-52(55(59)60)56(3,4)5)63-54(58)46-44-42-40-38-36-34-32-29-25-23-21-19-17-15-13-11-9-7-2/h11,13,15,17,19,21,23,25,27-29,32,51-52H,6-10,12,14,16,18,20,22,24,26,30-31,33-50H2,1-5H3/b13-11+,17-15+,21-19+,25-23+,28-27+,32-29+. The molecule has 0 saturated heterocycles. The van der Waals surface area contributed by atoms with Crippen LogP contribution in [0.3, 0.4) is 0 Å². The third kappa shape index (κ3) is 43.8. The molecule has 63 heavy (non-hydrogen) atoms. The molecule has 0 radical (unpaired) electrons. The molecule has 0 heterocycles. The van der Waals surface area contributed by atoms with Gasteiger partial charge in [-0.2, -0.15) is 0 Å². The first-order valence-electron chi connectivity index (χ1n) is 25.5. The number of nitrogens with zero attached hydrogens (tertiary/aromatic N) is 1. The fourth-order valence-electron chi connectivity index (χ4n) is 7.21. The van der Waals surface area contributed by atoms with Crippen LogP contribution < -0.4 is 5.11 Å². The second-order valence-electron chi connectivity index (χ2n) is 18.2. The average molecular weight is 882 g/mol. The number of aliphatic carboxylic acids is 1. The van der Waals surface area contributed by atoms with Crippen LogP contribution in [0.15, 0.2) is 72.9 Å². The molecule has 0 aliphatic heterocycles. The van der Waals surface area contributed by atoms with Gasteiger partial charge in [0.15, 0.2) is 6.10 Å². The summed E-state index contributed by atoms with van der Waals surface area (Å²) in [7, 11) is 5.40. The van der Waals surface area contributed by atoms with Crippen molar-refractivity contribution in [2.45, 2.75) is 219 Å². The van der Waals surface area contributed by atoms with Crippen molar-refractivity contribution in [1.82, 2.24) is 0 Å². The van der Waals surface area contributed by atoms with Crippen molar-refractivity contribution >= 4 is 17.9 Å². The van der Waals surface area contributed by atoms with E-state index in [0.717, 1.165) is 64.2 Å². The normalized spacial score (nSPS) is 13.5. The zero-order chi connectivity index (χ0) is 46.3. The van der Waals surface area contributed by atoms with Gasteiger partial charge < -0.3 is 28.6 Å². The SMILES string of the molecule is CCC/C=C/C=C/C=C/C=C/C=C/CCCCCCCC(=O)OC(COCCC(C(=O)[O-])[N+](C)(C)C)COC(=O)CCCCCCCCC/C=C/CCCCCCCCCCCC. The number of hydrogen-bond donors (Lipinski definition) is 0. The molecule has 0 spiro atoms. The predicted octanol–water partition coefficient (Wildman–Crippen LogP) is 13.4. The average Bonchev–Trinajstić information content (AvgIpc) is 3.24. The highest BCUT2D eigenvalue weighted by atomic mass is 16.6. The summed E-state index contributed by atoms with van der Waals surface area (Å²) in [6, 6.07) is -0.735. The molecule has 0 rings (SSSR count). The molecule has 0 aromatic carbocycles. The van der Waals surface area contributed by atoms with Crippen molar-refractivity contribution < 1.29 is 38.2 Å². The van der Waals surface area contributed by atoms with Gasteiger partial charge in [0.05, 0.1) is 40.3 Å². The molecule has 0 aliphatic carbocycles. The van der Waals surface area contributed by atoms with Crippen molar-refractivity contribution in [2.75, 3.05) is 41.0 Å². The minimum Gasteiger partial charge on any atom is -0.544 e. The van der Waals surface area contributed by atoms with E-state index < -0.39 is 18.1 Å². The predicted molar refractivity (Wildman–Crippen MR) is 263 cm³/mol. The first-order valence-corrected chi connectivity index (χ1v) is 25.5. The van der Waals surface area contributed by atoms with Gasteiger partial charge in [-0.05, 0) is 57.8 Å². The van der Waals surface area contributed by atoms with E-state index in [1.165, 1.54) is 109 Å². The molecule has 0 aromatic rings. The molecule has 0 amide bonds. The zero-order valence-corrected chi connectivity index (χ0v) is 41.2. The van der Waals surface area contributed by atoms with E-state index in [1.54, 1.807) is 21.1 Å². The maximum Gasteiger partial charge on any atom is 0.306 e. The number of rotatable bonds is 45. The second-order valence-corrected chi connectivity index (χ2v) is 18.2. The molecular formula is C55H95NO7. The Morgan fingerprint density at radius 2 is 0.889 bits per heavy atom.